The number of fused-ring (bicyclic) bond motifs is 1. The third-order valence-electron chi connectivity index (χ3n) is 3.17. The van der Waals surface area contributed by atoms with Gasteiger partial charge >= 0.3 is 0 Å². The van der Waals surface area contributed by atoms with Gasteiger partial charge in [-0.2, -0.15) is 5.10 Å². The number of nitrogens with zero attached hydrogens (tertiary/aromatic N) is 4. The van der Waals surface area contributed by atoms with Crippen molar-refractivity contribution in [3.8, 4) is 0 Å². The van der Waals surface area contributed by atoms with Crippen molar-refractivity contribution in [2.24, 2.45) is 7.05 Å². The Balaban J connectivity index is 1.73. The van der Waals surface area contributed by atoms with Gasteiger partial charge in [0.05, 0.1) is 11.4 Å². The molecule has 0 atom stereocenters. The molecule has 2 aromatic heterocycles. The number of benzene rings is 1. The lowest BCUT2D eigenvalue weighted by Crippen LogP contribution is -2.08. The highest BCUT2D eigenvalue weighted by molar-refractivity contribution is 5.98. The van der Waals surface area contributed by atoms with E-state index in [9.17, 15) is 0 Å². The van der Waals surface area contributed by atoms with Crippen molar-refractivity contribution < 1.29 is 0 Å². The zero-order chi connectivity index (χ0) is 13.9. The lowest BCUT2D eigenvalue weighted by molar-refractivity contribution is 0.742. The second kappa shape index (κ2) is 5.16. The highest BCUT2D eigenvalue weighted by Crippen LogP contribution is 2.27. The van der Waals surface area contributed by atoms with Gasteiger partial charge in [0.15, 0.2) is 5.82 Å². The second-order valence-electron chi connectivity index (χ2n) is 4.63. The quantitative estimate of drug-likeness (QED) is 0.702. The van der Waals surface area contributed by atoms with E-state index in [1.54, 1.807) is 17.2 Å². The molecule has 3 rings (SSSR count). The maximum Gasteiger partial charge on any atom is 0.152 e. The van der Waals surface area contributed by atoms with Crippen LogP contribution in [-0.2, 0) is 13.5 Å². The highest BCUT2D eigenvalue weighted by Gasteiger charge is 2.04. The molecular weight excluding hydrogens is 252 g/mol. The predicted molar refractivity (Wildman–Crippen MR) is 79.4 cm³/mol. The Morgan fingerprint density at radius 3 is 3.00 bits per heavy atom. The first-order valence-electron chi connectivity index (χ1n) is 6.44. The Morgan fingerprint density at radius 1 is 1.30 bits per heavy atom. The van der Waals surface area contributed by atoms with E-state index in [0.717, 1.165) is 40.9 Å². The van der Waals surface area contributed by atoms with Crippen LogP contribution in [0.4, 0.5) is 11.4 Å². The van der Waals surface area contributed by atoms with E-state index < -0.39 is 0 Å². The number of aryl methyl sites for hydroxylation is 1. The summed E-state index contributed by atoms with van der Waals surface area (Å²) in [7, 11) is 1.86. The van der Waals surface area contributed by atoms with Crippen LogP contribution in [-0.4, -0.2) is 26.3 Å². The van der Waals surface area contributed by atoms with Gasteiger partial charge in [-0.15, -0.1) is 0 Å². The zero-order valence-electron chi connectivity index (χ0n) is 11.2. The smallest absolute Gasteiger partial charge is 0.152 e. The predicted octanol–water partition coefficient (Wildman–Crippen LogP) is 1.60. The summed E-state index contributed by atoms with van der Waals surface area (Å²) >= 11 is 0. The van der Waals surface area contributed by atoms with Gasteiger partial charge in [-0.05, 0) is 12.1 Å². The molecule has 0 aliphatic carbocycles. The van der Waals surface area contributed by atoms with E-state index >= 15 is 0 Å². The minimum absolute atomic E-state index is 0.741. The Labute approximate surface area is 116 Å². The van der Waals surface area contributed by atoms with Crippen LogP contribution in [0.3, 0.4) is 0 Å². The number of nitrogens with one attached hydrogen (secondary N) is 1. The molecule has 3 N–H and O–H groups in total. The number of rotatable bonds is 4. The maximum atomic E-state index is 6.18. The summed E-state index contributed by atoms with van der Waals surface area (Å²) in [5, 5.41) is 9.63. The Bertz CT molecular complexity index is 733. The molecule has 102 valence electrons. The molecule has 20 heavy (non-hydrogen) atoms. The fraction of sp³-hybridized carbons (Fsp3) is 0.214. The first kappa shape index (κ1) is 12.4. The summed E-state index contributed by atoms with van der Waals surface area (Å²) < 4.78 is 1.70. The molecule has 0 fully saturated rings. The fourth-order valence-electron chi connectivity index (χ4n) is 2.15. The molecule has 0 saturated heterocycles. The number of pyridine rings is 1. The summed E-state index contributed by atoms with van der Waals surface area (Å²) in [6.07, 6.45) is 6.02. The summed E-state index contributed by atoms with van der Waals surface area (Å²) in [5.74, 6) is 0.823. The van der Waals surface area contributed by atoms with E-state index in [2.05, 4.69) is 20.4 Å². The van der Waals surface area contributed by atoms with Crippen LogP contribution >= 0.6 is 0 Å². The van der Waals surface area contributed by atoms with Crippen molar-refractivity contribution in [2.75, 3.05) is 17.6 Å². The first-order chi connectivity index (χ1) is 9.74. The molecule has 0 aliphatic heterocycles. The molecule has 0 unspecified atom stereocenters. The lowest BCUT2D eigenvalue weighted by atomic mass is 10.1. The fourth-order valence-corrected chi connectivity index (χ4v) is 2.15. The third kappa shape index (κ3) is 2.40. The van der Waals surface area contributed by atoms with Crippen LogP contribution in [0.1, 0.15) is 5.82 Å². The molecule has 6 heteroatoms. The summed E-state index contributed by atoms with van der Waals surface area (Å²) in [4.78, 5) is 8.28. The van der Waals surface area contributed by atoms with Crippen LogP contribution in [0.25, 0.3) is 10.8 Å². The van der Waals surface area contributed by atoms with Crippen LogP contribution < -0.4 is 11.1 Å². The van der Waals surface area contributed by atoms with Gasteiger partial charge in [-0.1, -0.05) is 6.07 Å². The van der Waals surface area contributed by atoms with Gasteiger partial charge in [0, 0.05) is 43.2 Å². The number of hydrogen-bond donors (Lipinski definition) is 2. The minimum atomic E-state index is 0.741. The normalized spacial score (nSPS) is 10.8. The molecule has 0 radical (unpaired) electrons. The third-order valence-corrected chi connectivity index (χ3v) is 3.17. The Kier molecular flexibility index (Phi) is 3.20. The van der Waals surface area contributed by atoms with Gasteiger partial charge in [0.1, 0.15) is 6.33 Å². The molecule has 3 aromatic rings. The molecule has 0 saturated carbocycles. The largest absolute Gasteiger partial charge is 0.397 e. The summed E-state index contributed by atoms with van der Waals surface area (Å²) in [6.45, 7) is 0.741. The first-order valence-corrected chi connectivity index (χ1v) is 6.44. The van der Waals surface area contributed by atoms with Crippen molar-refractivity contribution in [2.45, 2.75) is 6.42 Å². The van der Waals surface area contributed by atoms with Gasteiger partial charge in [-0.3, -0.25) is 9.67 Å². The average molecular weight is 268 g/mol. The molecule has 2 heterocycles. The van der Waals surface area contributed by atoms with E-state index in [-0.39, 0.29) is 0 Å². The van der Waals surface area contributed by atoms with E-state index in [0.29, 0.717) is 0 Å². The van der Waals surface area contributed by atoms with Crippen molar-refractivity contribution in [1.82, 2.24) is 19.7 Å². The molecule has 6 nitrogen and oxygen atoms in total. The van der Waals surface area contributed by atoms with Crippen molar-refractivity contribution in [3.63, 3.8) is 0 Å². The van der Waals surface area contributed by atoms with Crippen LogP contribution in [0.5, 0.6) is 0 Å². The number of aromatic nitrogens is 4. The minimum Gasteiger partial charge on any atom is -0.397 e. The van der Waals surface area contributed by atoms with E-state index in [4.69, 9.17) is 5.73 Å². The van der Waals surface area contributed by atoms with E-state index in [1.807, 2.05) is 31.4 Å². The Morgan fingerprint density at radius 2 is 2.20 bits per heavy atom. The highest BCUT2D eigenvalue weighted by atomic mass is 15.3. The van der Waals surface area contributed by atoms with Crippen molar-refractivity contribution >= 4 is 22.1 Å². The maximum absolute atomic E-state index is 6.18. The lowest BCUT2D eigenvalue weighted by Gasteiger charge is -2.10. The number of anilines is 2. The van der Waals surface area contributed by atoms with Crippen LogP contribution in [0, 0.1) is 0 Å². The molecule has 0 amide bonds. The topological polar surface area (TPSA) is 81.7 Å². The van der Waals surface area contributed by atoms with Crippen molar-refractivity contribution in [3.05, 3.63) is 42.7 Å². The van der Waals surface area contributed by atoms with E-state index in [1.165, 1.54) is 0 Å². The summed E-state index contributed by atoms with van der Waals surface area (Å²) in [6, 6.07) is 5.92. The molecular formula is C14H16N6. The van der Waals surface area contributed by atoms with Crippen molar-refractivity contribution in [1.29, 1.82) is 0 Å². The molecule has 0 spiro atoms. The van der Waals surface area contributed by atoms with Gasteiger partial charge < -0.3 is 11.1 Å². The summed E-state index contributed by atoms with van der Waals surface area (Å²) in [5.41, 5.74) is 7.86. The number of hydrogen-bond acceptors (Lipinski definition) is 5. The van der Waals surface area contributed by atoms with Crippen LogP contribution in [0.2, 0.25) is 0 Å². The molecule has 0 bridgehead atoms. The second-order valence-corrected chi connectivity index (χ2v) is 4.63. The van der Waals surface area contributed by atoms with Gasteiger partial charge in [0.2, 0.25) is 0 Å². The number of nitrogen functional groups attached to an aromatic ring is 1. The SMILES string of the molecule is Cn1cnc(CCNc2ccc3cnccc3c2N)n1. The van der Waals surface area contributed by atoms with Gasteiger partial charge in [0.25, 0.3) is 0 Å². The average Bonchev–Trinajstić information content (AvgIpc) is 2.87. The molecule has 0 aliphatic rings. The standard InChI is InChI=1S/C14H16N6/c1-20-9-18-13(19-20)5-7-17-12-3-2-10-8-16-6-4-11(10)14(12)15/h2-4,6,8-9,17H,5,7,15H2,1H3. The number of nitrogens with two attached hydrogens (primary N) is 1. The molecule has 1 aromatic carbocycles. The zero-order valence-corrected chi connectivity index (χ0v) is 11.2. The Hall–Kier alpha value is -2.63. The van der Waals surface area contributed by atoms with Crippen LogP contribution in [0.15, 0.2) is 36.9 Å². The van der Waals surface area contributed by atoms with Gasteiger partial charge in [-0.25, -0.2) is 4.98 Å². The monoisotopic (exact) mass is 268 g/mol.